The van der Waals surface area contributed by atoms with Gasteiger partial charge in [0, 0.05) is 31.2 Å². The van der Waals surface area contributed by atoms with Gasteiger partial charge >= 0.3 is 5.97 Å². The maximum atomic E-state index is 11.0. The Bertz CT molecular complexity index is 783. The summed E-state index contributed by atoms with van der Waals surface area (Å²) in [6, 6.07) is 9.61. The van der Waals surface area contributed by atoms with Crippen molar-refractivity contribution in [1.29, 1.82) is 0 Å². The van der Waals surface area contributed by atoms with Crippen LogP contribution in [0.5, 0.6) is 0 Å². The van der Waals surface area contributed by atoms with Crippen molar-refractivity contribution in [2.75, 3.05) is 0 Å². The van der Waals surface area contributed by atoms with Crippen molar-refractivity contribution >= 4 is 16.9 Å². The van der Waals surface area contributed by atoms with Crippen molar-refractivity contribution in [2.45, 2.75) is 0 Å². The first-order chi connectivity index (χ1) is 9.08. The number of nitrogens with zero attached hydrogens (tertiary/aromatic N) is 3. The summed E-state index contributed by atoms with van der Waals surface area (Å²) >= 11 is 0. The molecule has 3 aromatic rings. The van der Waals surface area contributed by atoms with Gasteiger partial charge in [-0.3, -0.25) is 4.68 Å². The van der Waals surface area contributed by atoms with Crippen molar-refractivity contribution < 1.29 is 9.90 Å². The molecule has 2 heterocycles. The van der Waals surface area contributed by atoms with Crippen molar-refractivity contribution in [3.05, 3.63) is 42.2 Å². The van der Waals surface area contributed by atoms with E-state index in [1.807, 2.05) is 42.1 Å². The normalized spacial score (nSPS) is 11.1. The number of hydrogen-bond acceptors (Lipinski definition) is 2. The summed E-state index contributed by atoms with van der Waals surface area (Å²) in [5, 5.41) is 14.2. The van der Waals surface area contributed by atoms with E-state index >= 15 is 0 Å². The number of para-hydroxylation sites is 1. The number of aromatic carboxylic acids is 1. The first kappa shape index (κ1) is 11.5. The van der Waals surface area contributed by atoms with Crippen LogP contribution in [-0.4, -0.2) is 25.4 Å². The number of rotatable bonds is 2. The Balaban J connectivity index is 2.30. The number of aryl methyl sites for hydroxylation is 2. The molecule has 0 saturated heterocycles. The van der Waals surface area contributed by atoms with Gasteiger partial charge in [0.1, 0.15) is 0 Å². The van der Waals surface area contributed by atoms with E-state index in [4.69, 9.17) is 5.11 Å². The fourth-order valence-corrected chi connectivity index (χ4v) is 2.39. The highest BCUT2D eigenvalue weighted by Gasteiger charge is 2.15. The van der Waals surface area contributed by atoms with Gasteiger partial charge in [-0.05, 0) is 12.1 Å². The summed E-state index contributed by atoms with van der Waals surface area (Å²) < 4.78 is 3.63. The van der Waals surface area contributed by atoms with Gasteiger partial charge in [0.25, 0.3) is 0 Å². The van der Waals surface area contributed by atoms with Crippen LogP contribution in [0.1, 0.15) is 10.5 Å². The van der Waals surface area contributed by atoms with Crippen LogP contribution in [-0.2, 0) is 14.1 Å². The molecular formula is C14H13N3O2. The molecule has 0 spiro atoms. The van der Waals surface area contributed by atoms with Crippen LogP contribution < -0.4 is 0 Å². The summed E-state index contributed by atoms with van der Waals surface area (Å²) in [5.74, 6) is -1.01. The summed E-state index contributed by atoms with van der Waals surface area (Å²) in [6.07, 6.45) is 1.99. The Morgan fingerprint density at radius 2 is 2.05 bits per heavy atom. The van der Waals surface area contributed by atoms with Crippen LogP contribution in [0.3, 0.4) is 0 Å². The molecule has 0 fully saturated rings. The van der Waals surface area contributed by atoms with Gasteiger partial charge in [0.15, 0.2) is 5.69 Å². The Hall–Kier alpha value is -2.56. The van der Waals surface area contributed by atoms with Gasteiger partial charge in [-0.25, -0.2) is 4.79 Å². The molecule has 0 aliphatic rings. The molecule has 0 aliphatic carbocycles. The van der Waals surface area contributed by atoms with E-state index in [1.165, 1.54) is 0 Å². The van der Waals surface area contributed by atoms with Crippen LogP contribution in [0.15, 0.2) is 36.5 Å². The molecule has 19 heavy (non-hydrogen) atoms. The molecule has 0 unspecified atom stereocenters. The number of fused-ring (bicyclic) bond motifs is 1. The van der Waals surface area contributed by atoms with Crippen molar-refractivity contribution in [2.24, 2.45) is 14.1 Å². The van der Waals surface area contributed by atoms with Gasteiger partial charge in [0.2, 0.25) is 0 Å². The third-order valence-corrected chi connectivity index (χ3v) is 3.27. The van der Waals surface area contributed by atoms with E-state index in [0.717, 1.165) is 22.2 Å². The third-order valence-electron chi connectivity index (χ3n) is 3.27. The van der Waals surface area contributed by atoms with E-state index < -0.39 is 5.97 Å². The molecule has 0 saturated carbocycles. The average molecular weight is 255 g/mol. The number of aromatic nitrogens is 3. The molecule has 3 rings (SSSR count). The molecule has 0 amide bonds. The fraction of sp³-hybridized carbons (Fsp3) is 0.143. The second kappa shape index (κ2) is 3.98. The zero-order chi connectivity index (χ0) is 13.6. The molecule has 2 aromatic heterocycles. The zero-order valence-corrected chi connectivity index (χ0v) is 10.7. The third kappa shape index (κ3) is 1.71. The van der Waals surface area contributed by atoms with Crippen molar-refractivity contribution in [3.63, 3.8) is 0 Å². The predicted molar refractivity (Wildman–Crippen MR) is 72.1 cm³/mol. The second-order valence-electron chi connectivity index (χ2n) is 4.51. The van der Waals surface area contributed by atoms with Gasteiger partial charge in [0.05, 0.1) is 11.2 Å². The summed E-state index contributed by atoms with van der Waals surface area (Å²) in [5.41, 5.74) is 2.91. The minimum atomic E-state index is -1.01. The first-order valence-corrected chi connectivity index (χ1v) is 5.89. The molecule has 0 aliphatic heterocycles. The number of carbonyl (C=O) groups is 1. The number of carboxylic acid groups (broad SMARTS) is 1. The Kier molecular flexibility index (Phi) is 2.41. The maximum absolute atomic E-state index is 11.0. The standard InChI is InChI=1S/C14H13N3O2/c1-16-7-6-9-4-3-5-10(13(9)16)12-8-11(14(18)19)15-17(12)2/h3-8H,1-2H3,(H,18,19). The zero-order valence-electron chi connectivity index (χ0n) is 10.7. The monoisotopic (exact) mass is 255 g/mol. The molecule has 1 N–H and O–H groups in total. The van der Waals surface area contributed by atoms with Gasteiger partial charge in [-0.1, -0.05) is 18.2 Å². The number of carboxylic acids is 1. The Labute approximate surface area is 109 Å². The minimum absolute atomic E-state index is 0.0590. The van der Waals surface area contributed by atoms with Crippen molar-refractivity contribution in [3.8, 4) is 11.3 Å². The molecule has 5 heteroatoms. The van der Waals surface area contributed by atoms with Gasteiger partial charge < -0.3 is 9.67 Å². The predicted octanol–water partition coefficient (Wildman–Crippen LogP) is 2.28. The highest BCUT2D eigenvalue weighted by molar-refractivity contribution is 5.95. The van der Waals surface area contributed by atoms with E-state index in [9.17, 15) is 4.79 Å². The maximum Gasteiger partial charge on any atom is 0.356 e. The first-order valence-electron chi connectivity index (χ1n) is 5.89. The molecule has 1 aromatic carbocycles. The lowest BCUT2D eigenvalue weighted by atomic mass is 10.1. The molecule has 0 atom stereocenters. The van der Waals surface area contributed by atoms with E-state index in [-0.39, 0.29) is 5.69 Å². The SMILES string of the molecule is Cn1nc(C(=O)O)cc1-c1cccc2ccn(C)c12. The fourth-order valence-electron chi connectivity index (χ4n) is 2.39. The molecule has 0 radical (unpaired) electrons. The van der Waals surface area contributed by atoms with E-state index in [0.29, 0.717) is 0 Å². The van der Waals surface area contributed by atoms with Gasteiger partial charge in [-0.15, -0.1) is 0 Å². The van der Waals surface area contributed by atoms with E-state index in [2.05, 4.69) is 5.10 Å². The van der Waals surface area contributed by atoms with Crippen LogP contribution in [0.25, 0.3) is 22.2 Å². The van der Waals surface area contributed by atoms with Crippen LogP contribution in [0.2, 0.25) is 0 Å². The summed E-state index contributed by atoms with van der Waals surface area (Å²) in [7, 11) is 3.73. The molecule has 0 bridgehead atoms. The Morgan fingerprint density at radius 3 is 2.74 bits per heavy atom. The summed E-state index contributed by atoms with van der Waals surface area (Å²) in [4.78, 5) is 11.0. The second-order valence-corrected chi connectivity index (χ2v) is 4.51. The number of hydrogen-bond donors (Lipinski definition) is 1. The van der Waals surface area contributed by atoms with Crippen LogP contribution in [0, 0.1) is 0 Å². The minimum Gasteiger partial charge on any atom is -0.476 e. The summed E-state index contributed by atoms with van der Waals surface area (Å²) in [6.45, 7) is 0. The molecule has 96 valence electrons. The highest BCUT2D eigenvalue weighted by Crippen LogP contribution is 2.29. The Morgan fingerprint density at radius 1 is 1.26 bits per heavy atom. The van der Waals surface area contributed by atoms with Crippen LogP contribution >= 0.6 is 0 Å². The van der Waals surface area contributed by atoms with Gasteiger partial charge in [-0.2, -0.15) is 5.10 Å². The highest BCUT2D eigenvalue weighted by atomic mass is 16.4. The van der Waals surface area contributed by atoms with Crippen LogP contribution in [0.4, 0.5) is 0 Å². The average Bonchev–Trinajstić information content (AvgIpc) is 2.94. The lowest BCUT2D eigenvalue weighted by Gasteiger charge is -2.06. The smallest absolute Gasteiger partial charge is 0.356 e. The topological polar surface area (TPSA) is 60.1 Å². The largest absolute Gasteiger partial charge is 0.476 e. The lowest BCUT2D eigenvalue weighted by molar-refractivity contribution is 0.0689. The van der Waals surface area contributed by atoms with E-state index in [1.54, 1.807) is 17.8 Å². The number of benzene rings is 1. The molecule has 5 nitrogen and oxygen atoms in total. The van der Waals surface area contributed by atoms with Crippen molar-refractivity contribution in [1.82, 2.24) is 14.3 Å². The quantitative estimate of drug-likeness (QED) is 0.764. The molecular weight excluding hydrogens is 242 g/mol. The lowest BCUT2D eigenvalue weighted by Crippen LogP contribution is -1.99.